The molecule has 0 radical (unpaired) electrons. The first kappa shape index (κ1) is 42.5. The number of halogens is 2. The summed E-state index contributed by atoms with van der Waals surface area (Å²) in [7, 11) is 0. The van der Waals surface area contributed by atoms with Gasteiger partial charge < -0.3 is 24.6 Å². The number of nitrogens with one attached hydrogen (secondary N) is 2. The largest absolute Gasteiger partial charge is 0.369 e. The second-order valence-corrected chi connectivity index (χ2v) is 18.6. The third-order valence-electron chi connectivity index (χ3n) is 14.0. The second kappa shape index (κ2) is 18.6. The summed E-state index contributed by atoms with van der Waals surface area (Å²) in [5, 5.41) is 6.87. The zero-order valence-corrected chi connectivity index (χ0v) is 37.0. The maximum absolute atomic E-state index is 14.1. The van der Waals surface area contributed by atoms with E-state index in [2.05, 4.69) is 76.3 Å². The highest BCUT2D eigenvalue weighted by Gasteiger charge is 2.39. The molecule has 5 aromatic rings. The van der Waals surface area contributed by atoms with Crippen molar-refractivity contribution in [3.8, 4) is 11.1 Å². The number of piperidine rings is 1. The minimum absolute atomic E-state index is 0.128. The first-order chi connectivity index (χ1) is 31.2. The Balaban J connectivity index is 0.683. The third kappa shape index (κ3) is 9.24. The maximum Gasteiger partial charge on any atom is 0.255 e. The zero-order valence-electron chi connectivity index (χ0n) is 36.3. The molecule has 1 saturated carbocycles. The normalized spacial score (nSPS) is 20.6. The first-order valence-corrected chi connectivity index (χ1v) is 23.5. The molecule has 64 heavy (non-hydrogen) atoms. The van der Waals surface area contributed by atoms with Crippen LogP contribution in [-0.4, -0.2) is 123 Å². The summed E-state index contributed by atoms with van der Waals surface area (Å²) in [4.78, 5) is 58.6. The molecule has 13 nitrogen and oxygen atoms in total. The number of rotatable bonds is 12. The van der Waals surface area contributed by atoms with Crippen molar-refractivity contribution in [2.45, 2.75) is 76.5 Å². The van der Waals surface area contributed by atoms with Crippen molar-refractivity contribution in [1.29, 1.82) is 0 Å². The van der Waals surface area contributed by atoms with Crippen LogP contribution in [0.3, 0.4) is 0 Å². The van der Waals surface area contributed by atoms with Gasteiger partial charge in [-0.25, -0.2) is 9.37 Å². The van der Waals surface area contributed by atoms with Gasteiger partial charge in [0, 0.05) is 123 Å². The molecule has 0 bridgehead atoms. The molecule has 6 heterocycles. The highest BCUT2D eigenvalue weighted by Crippen LogP contribution is 2.37. The maximum atomic E-state index is 14.1. The summed E-state index contributed by atoms with van der Waals surface area (Å²) in [5.41, 5.74) is 7.73. The topological polar surface area (TPSA) is 122 Å². The fourth-order valence-corrected chi connectivity index (χ4v) is 10.7. The van der Waals surface area contributed by atoms with E-state index in [1.165, 1.54) is 37.0 Å². The van der Waals surface area contributed by atoms with E-state index in [1.807, 2.05) is 18.3 Å². The van der Waals surface area contributed by atoms with E-state index in [1.54, 1.807) is 11.0 Å². The van der Waals surface area contributed by atoms with Crippen LogP contribution in [0.1, 0.15) is 78.9 Å². The Labute approximate surface area is 378 Å². The number of aromatic nitrogens is 3. The van der Waals surface area contributed by atoms with E-state index in [4.69, 9.17) is 16.6 Å². The van der Waals surface area contributed by atoms with Crippen LogP contribution in [0.5, 0.6) is 0 Å². The van der Waals surface area contributed by atoms with Crippen molar-refractivity contribution < 1.29 is 18.8 Å². The van der Waals surface area contributed by atoms with Gasteiger partial charge in [0.25, 0.3) is 5.91 Å². The number of carbonyl (C=O) groups excluding carboxylic acids is 3. The lowest BCUT2D eigenvalue weighted by molar-refractivity contribution is -0.136. The quantitative estimate of drug-likeness (QED) is 0.124. The van der Waals surface area contributed by atoms with Crippen molar-refractivity contribution in [2.75, 3.05) is 75.7 Å². The molecule has 4 aliphatic heterocycles. The van der Waals surface area contributed by atoms with Gasteiger partial charge in [0.05, 0.1) is 0 Å². The summed E-state index contributed by atoms with van der Waals surface area (Å²) in [6.07, 6.45) is 11.9. The highest BCUT2D eigenvalue weighted by molar-refractivity contribution is 6.30. The van der Waals surface area contributed by atoms with Gasteiger partial charge in [-0.2, -0.15) is 4.98 Å². The standard InChI is InChI=1S/C49H56ClFN10O3/c50-36-26-37(51)28-38(27-36)53-49-52-29-42-43(32-60(46(42)55-49)39-5-2-1-3-6-39)34-9-7-33(8-10-34)30-58-19-17-56(18-20-58)15-4-16-57-21-23-59(24-22-57)40-11-12-41-35(25-40)31-61(48(41)64)44-13-14-45(62)54-47(44)63/h7-12,25-29,32,39,44H,1-6,13-24,30-31H2,(H,52,53,55)(H,54,62,63). The Morgan fingerprint density at radius 1 is 0.797 bits per heavy atom. The summed E-state index contributed by atoms with van der Waals surface area (Å²) in [5.74, 6) is -0.771. The fraction of sp³-hybridized carbons (Fsp3) is 0.449. The van der Waals surface area contributed by atoms with Gasteiger partial charge in [-0.1, -0.05) is 55.1 Å². The fourth-order valence-electron chi connectivity index (χ4n) is 10.4. The predicted octanol–water partition coefficient (Wildman–Crippen LogP) is 7.23. The Bertz CT molecular complexity index is 2510. The molecule has 1 unspecified atom stereocenters. The summed E-state index contributed by atoms with van der Waals surface area (Å²) < 4.78 is 16.4. The first-order valence-electron chi connectivity index (χ1n) is 23.1. The van der Waals surface area contributed by atoms with Crippen molar-refractivity contribution in [1.82, 2.24) is 39.5 Å². The molecule has 3 aromatic carbocycles. The van der Waals surface area contributed by atoms with Crippen LogP contribution in [0, 0.1) is 5.82 Å². The number of amides is 3. The molecule has 334 valence electrons. The number of benzene rings is 3. The molecule has 2 aromatic heterocycles. The van der Waals surface area contributed by atoms with Crippen molar-refractivity contribution in [2.24, 2.45) is 0 Å². The van der Waals surface area contributed by atoms with Crippen LogP contribution >= 0.6 is 11.6 Å². The molecule has 3 saturated heterocycles. The molecule has 5 aliphatic rings. The Morgan fingerprint density at radius 2 is 1.53 bits per heavy atom. The number of carbonyl (C=O) groups is 3. The average Bonchev–Trinajstić information content (AvgIpc) is 3.84. The molecule has 3 amide bonds. The van der Waals surface area contributed by atoms with E-state index in [0.717, 1.165) is 125 Å². The average molecular weight is 888 g/mol. The molecule has 2 N–H and O–H groups in total. The lowest BCUT2D eigenvalue weighted by Gasteiger charge is -2.37. The van der Waals surface area contributed by atoms with Crippen LogP contribution in [0.15, 0.2) is 73.1 Å². The number of hydrogen-bond donors (Lipinski definition) is 2. The van der Waals surface area contributed by atoms with Crippen molar-refractivity contribution in [3.63, 3.8) is 0 Å². The van der Waals surface area contributed by atoms with Crippen molar-refractivity contribution in [3.05, 3.63) is 101 Å². The minimum atomic E-state index is -0.592. The van der Waals surface area contributed by atoms with Crippen LogP contribution in [0.4, 0.5) is 21.7 Å². The molecule has 1 aliphatic carbocycles. The predicted molar refractivity (Wildman–Crippen MR) is 247 cm³/mol. The summed E-state index contributed by atoms with van der Waals surface area (Å²) >= 11 is 6.12. The lowest BCUT2D eigenvalue weighted by Crippen LogP contribution is -2.52. The van der Waals surface area contributed by atoms with Crippen LogP contribution in [0.25, 0.3) is 22.2 Å². The number of anilines is 3. The van der Waals surface area contributed by atoms with Crippen molar-refractivity contribution >= 4 is 57.7 Å². The van der Waals surface area contributed by atoms with Crippen LogP contribution < -0.4 is 15.5 Å². The molecule has 4 fully saturated rings. The third-order valence-corrected chi connectivity index (χ3v) is 14.2. The lowest BCUT2D eigenvalue weighted by atomic mass is 9.95. The number of piperazine rings is 2. The Hall–Kier alpha value is -5.41. The van der Waals surface area contributed by atoms with Crippen LogP contribution in [-0.2, 0) is 22.7 Å². The highest BCUT2D eigenvalue weighted by atomic mass is 35.5. The molecule has 0 spiro atoms. The SMILES string of the molecule is O=C1CCC(N2Cc3cc(N4CCN(CCCN5CCN(Cc6ccc(-c7cn(C8CCCCC8)c8nc(Nc9cc(F)cc(Cl)c9)ncc78)cc6)CC5)CC4)ccc3C2=O)C(=O)N1. The minimum Gasteiger partial charge on any atom is -0.369 e. The summed E-state index contributed by atoms with van der Waals surface area (Å²) in [6.45, 7) is 11.7. The Kier molecular flexibility index (Phi) is 12.4. The van der Waals surface area contributed by atoms with Gasteiger partial charge in [0.2, 0.25) is 17.8 Å². The van der Waals surface area contributed by atoms with Gasteiger partial charge in [-0.05, 0) is 91.9 Å². The Morgan fingerprint density at radius 3 is 2.27 bits per heavy atom. The number of fused-ring (bicyclic) bond motifs is 2. The van der Waals surface area contributed by atoms with E-state index in [-0.39, 0.29) is 24.1 Å². The molecular formula is C49H56ClFN10O3. The molecule has 15 heteroatoms. The van der Waals surface area contributed by atoms with Gasteiger partial charge in [0.1, 0.15) is 17.5 Å². The number of hydrogen-bond acceptors (Lipinski definition) is 10. The zero-order chi connectivity index (χ0) is 43.7. The monoisotopic (exact) mass is 886 g/mol. The molecular weight excluding hydrogens is 831 g/mol. The van der Waals surface area contributed by atoms with E-state index >= 15 is 0 Å². The second-order valence-electron chi connectivity index (χ2n) is 18.2. The van der Waals surface area contributed by atoms with E-state index in [9.17, 15) is 18.8 Å². The smallest absolute Gasteiger partial charge is 0.255 e. The molecule has 1 atom stereocenters. The van der Waals surface area contributed by atoms with E-state index < -0.39 is 11.9 Å². The number of imide groups is 1. The van der Waals surface area contributed by atoms with Gasteiger partial charge in [-0.3, -0.25) is 29.5 Å². The van der Waals surface area contributed by atoms with Gasteiger partial charge in [0.15, 0.2) is 0 Å². The van der Waals surface area contributed by atoms with Gasteiger partial charge >= 0.3 is 0 Å². The number of nitrogens with zero attached hydrogens (tertiary/aromatic N) is 8. The van der Waals surface area contributed by atoms with Gasteiger partial charge in [-0.15, -0.1) is 0 Å². The summed E-state index contributed by atoms with van der Waals surface area (Å²) in [6, 6.07) is 19.2. The van der Waals surface area contributed by atoms with E-state index in [0.29, 0.717) is 41.2 Å². The molecule has 10 rings (SSSR count). The van der Waals surface area contributed by atoms with Crippen LogP contribution in [0.2, 0.25) is 5.02 Å².